The lowest BCUT2D eigenvalue weighted by Gasteiger charge is -2.39. The third kappa shape index (κ3) is 1.84. The maximum atomic E-state index is 11.8. The summed E-state index contributed by atoms with van der Waals surface area (Å²) in [5.41, 5.74) is 0. The molecule has 1 amide bonds. The molecule has 6 nitrogen and oxygen atoms in total. The SMILES string of the molecule is CN(C(=O)c1ccno1)C1CC(NC#N)C1. The van der Waals surface area contributed by atoms with Gasteiger partial charge in [-0.15, -0.1) is 0 Å². The number of hydrogen-bond donors (Lipinski definition) is 1. The molecule has 6 heteroatoms. The van der Waals surface area contributed by atoms with Crippen LogP contribution in [-0.4, -0.2) is 35.1 Å². The second-order valence-corrected chi connectivity index (χ2v) is 3.87. The molecule has 0 spiro atoms. The zero-order chi connectivity index (χ0) is 11.5. The van der Waals surface area contributed by atoms with Crippen molar-refractivity contribution in [2.24, 2.45) is 0 Å². The van der Waals surface area contributed by atoms with Gasteiger partial charge in [-0.2, -0.15) is 5.26 Å². The van der Waals surface area contributed by atoms with E-state index in [1.165, 1.54) is 6.20 Å². The van der Waals surface area contributed by atoms with E-state index in [0.29, 0.717) is 0 Å². The van der Waals surface area contributed by atoms with Gasteiger partial charge in [0, 0.05) is 25.2 Å². The minimum atomic E-state index is -0.169. The summed E-state index contributed by atoms with van der Waals surface area (Å²) in [5.74, 6) is 0.0806. The van der Waals surface area contributed by atoms with Crippen LogP contribution in [0.2, 0.25) is 0 Å². The van der Waals surface area contributed by atoms with Crippen LogP contribution in [0.5, 0.6) is 0 Å². The molecule has 0 atom stereocenters. The molecule has 0 bridgehead atoms. The molecule has 0 saturated heterocycles. The molecule has 1 aromatic heterocycles. The van der Waals surface area contributed by atoms with Gasteiger partial charge < -0.3 is 14.7 Å². The van der Waals surface area contributed by atoms with E-state index in [0.717, 1.165) is 12.8 Å². The van der Waals surface area contributed by atoms with E-state index in [1.54, 1.807) is 18.0 Å². The molecule has 2 rings (SSSR count). The topological polar surface area (TPSA) is 82.2 Å². The van der Waals surface area contributed by atoms with Gasteiger partial charge in [-0.1, -0.05) is 5.16 Å². The van der Waals surface area contributed by atoms with Gasteiger partial charge in [0.25, 0.3) is 5.91 Å². The van der Waals surface area contributed by atoms with Crippen molar-refractivity contribution < 1.29 is 9.32 Å². The van der Waals surface area contributed by atoms with E-state index >= 15 is 0 Å². The van der Waals surface area contributed by atoms with Crippen LogP contribution in [0.1, 0.15) is 23.4 Å². The smallest absolute Gasteiger partial charge is 0.292 e. The van der Waals surface area contributed by atoms with E-state index < -0.39 is 0 Å². The lowest BCUT2D eigenvalue weighted by molar-refractivity contribution is 0.0569. The van der Waals surface area contributed by atoms with Crippen molar-refractivity contribution >= 4 is 5.91 Å². The van der Waals surface area contributed by atoms with E-state index in [-0.39, 0.29) is 23.8 Å². The highest BCUT2D eigenvalue weighted by atomic mass is 16.5. The van der Waals surface area contributed by atoms with Gasteiger partial charge in [-0.25, -0.2) is 0 Å². The quantitative estimate of drug-likeness (QED) is 0.587. The van der Waals surface area contributed by atoms with Crippen molar-refractivity contribution in [2.45, 2.75) is 24.9 Å². The molecule has 1 N–H and O–H groups in total. The average molecular weight is 220 g/mol. The monoisotopic (exact) mass is 220 g/mol. The summed E-state index contributed by atoms with van der Waals surface area (Å²) < 4.78 is 4.80. The van der Waals surface area contributed by atoms with Crippen LogP contribution < -0.4 is 5.32 Å². The molecular weight excluding hydrogens is 208 g/mol. The summed E-state index contributed by atoms with van der Waals surface area (Å²) in [4.78, 5) is 13.4. The van der Waals surface area contributed by atoms with Crippen molar-refractivity contribution in [3.05, 3.63) is 18.0 Å². The first kappa shape index (κ1) is 10.5. The summed E-state index contributed by atoms with van der Waals surface area (Å²) >= 11 is 0. The molecule has 1 aliphatic carbocycles. The first-order valence-electron chi connectivity index (χ1n) is 5.05. The second-order valence-electron chi connectivity index (χ2n) is 3.87. The van der Waals surface area contributed by atoms with Crippen LogP contribution in [-0.2, 0) is 0 Å². The number of rotatable bonds is 3. The highest BCUT2D eigenvalue weighted by Crippen LogP contribution is 2.25. The lowest BCUT2D eigenvalue weighted by Crippen LogP contribution is -2.51. The van der Waals surface area contributed by atoms with Gasteiger partial charge in [0.2, 0.25) is 5.76 Å². The van der Waals surface area contributed by atoms with Crippen molar-refractivity contribution in [1.29, 1.82) is 5.26 Å². The van der Waals surface area contributed by atoms with E-state index in [1.807, 2.05) is 6.19 Å². The maximum Gasteiger partial charge on any atom is 0.292 e. The number of nitrogens with zero attached hydrogens (tertiary/aromatic N) is 3. The molecule has 0 aliphatic heterocycles. The number of amides is 1. The Hall–Kier alpha value is -2.03. The van der Waals surface area contributed by atoms with Crippen molar-refractivity contribution in [1.82, 2.24) is 15.4 Å². The van der Waals surface area contributed by atoms with E-state index in [9.17, 15) is 4.79 Å². The largest absolute Gasteiger partial charge is 0.351 e. The minimum Gasteiger partial charge on any atom is -0.351 e. The molecule has 1 fully saturated rings. The molecule has 1 aromatic rings. The first-order chi connectivity index (χ1) is 7.72. The van der Waals surface area contributed by atoms with Crippen LogP contribution in [0.4, 0.5) is 0 Å². The zero-order valence-electron chi connectivity index (χ0n) is 8.88. The van der Waals surface area contributed by atoms with E-state index in [2.05, 4.69) is 10.5 Å². The lowest BCUT2D eigenvalue weighted by atomic mass is 9.86. The second kappa shape index (κ2) is 4.23. The Kier molecular flexibility index (Phi) is 2.77. The number of nitrogens with one attached hydrogen (secondary N) is 1. The predicted molar refractivity (Wildman–Crippen MR) is 54.2 cm³/mol. The van der Waals surface area contributed by atoms with Crippen LogP contribution in [0.15, 0.2) is 16.8 Å². The zero-order valence-corrected chi connectivity index (χ0v) is 8.88. The van der Waals surface area contributed by atoms with Crippen LogP contribution in [0, 0.1) is 11.5 Å². The Morgan fingerprint density at radius 1 is 1.75 bits per heavy atom. The van der Waals surface area contributed by atoms with Crippen LogP contribution >= 0.6 is 0 Å². The molecule has 1 aliphatic rings. The number of carbonyl (C=O) groups excluding carboxylic acids is 1. The highest BCUT2D eigenvalue weighted by molar-refractivity contribution is 5.91. The minimum absolute atomic E-state index is 0.169. The summed E-state index contributed by atoms with van der Waals surface area (Å²) in [5, 5.41) is 14.6. The van der Waals surface area contributed by atoms with Crippen LogP contribution in [0.25, 0.3) is 0 Å². The fraction of sp³-hybridized carbons (Fsp3) is 0.500. The third-order valence-electron chi connectivity index (χ3n) is 2.90. The summed E-state index contributed by atoms with van der Waals surface area (Å²) in [6.45, 7) is 0. The van der Waals surface area contributed by atoms with Gasteiger partial charge in [0.15, 0.2) is 6.19 Å². The molecule has 1 saturated carbocycles. The molecule has 84 valence electrons. The normalized spacial score (nSPS) is 23.0. The fourth-order valence-electron chi connectivity index (χ4n) is 1.78. The summed E-state index contributed by atoms with van der Waals surface area (Å²) in [7, 11) is 1.73. The van der Waals surface area contributed by atoms with Crippen molar-refractivity contribution in [2.75, 3.05) is 7.05 Å². The Balaban J connectivity index is 1.88. The Labute approximate surface area is 92.8 Å². The number of nitriles is 1. The van der Waals surface area contributed by atoms with Crippen LogP contribution in [0.3, 0.4) is 0 Å². The third-order valence-corrected chi connectivity index (χ3v) is 2.90. The number of hydrogen-bond acceptors (Lipinski definition) is 5. The summed E-state index contributed by atoms with van der Waals surface area (Å²) in [6, 6.07) is 1.91. The summed E-state index contributed by atoms with van der Waals surface area (Å²) in [6.07, 6.45) is 4.94. The maximum absolute atomic E-state index is 11.8. The van der Waals surface area contributed by atoms with Gasteiger partial charge in [-0.3, -0.25) is 4.79 Å². The average Bonchev–Trinajstić information content (AvgIpc) is 2.74. The molecule has 0 unspecified atom stereocenters. The van der Waals surface area contributed by atoms with Crippen molar-refractivity contribution in [3.8, 4) is 6.19 Å². The number of aromatic nitrogens is 1. The Bertz CT molecular complexity index is 403. The first-order valence-corrected chi connectivity index (χ1v) is 5.05. The molecule has 0 radical (unpaired) electrons. The Morgan fingerprint density at radius 3 is 3.06 bits per heavy atom. The molecule has 0 aromatic carbocycles. The van der Waals surface area contributed by atoms with E-state index in [4.69, 9.17) is 9.78 Å². The predicted octanol–water partition coefficient (Wildman–Crippen LogP) is 0.348. The Morgan fingerprint density at radius 2 is 2.50 bits per heavy atom. The molecular formula is C10H12N4O2. The van der Waals surface area contributed by atoms with Gasteiger partial charge in [0.1, 0.15) is 0 Å². The molecule has 1 heterocycles. The standard InChI is InChI=1S/C10H12N4O2/c1-14(8-4-7(5-8)12-6-11)10(15)9-2-3-13-16-9/h2-3,7-8,12H,4-5H2,1H3. The fourth-order valence-corrected chi connectivity index (χ4v) is 1.78. The van der Waals surface area contributed by atoms with Gasteiger partial charge in [0.05, 0.1) is 6.20 Å². The van der Waals surface area contributed by atoms with Gasteiger partial charge in [-0.05, 0) is 12.8 Å². The van der Waals surface area contributed by atoms with Gasteiger partial charge >= 0.3 is 0 Å². The number of carbonyl (C=O) groups is 1. The highest BCUT2D eigenvalue weighted by Gasteiger charge is 2.35. The molecule has 16 heavy (non-hydrogen) atoms. The van der Waals surface area contributed by atoms with Crippen molar-refractivity contribution in [3.63, 3.8) is 0 Å².